The molecule has 61 heavy (non-hydrogen) atoms. The van der Waals surface area contributed by atoms with Crippen molar-refractivity contribution >= 4 is 70.4 Å². The van der Waals surface area contributed by atoms with E-state index in [9.17, 15) is 0 Å². The number of thiophene rings is 1. The zero-order valence-electron chi connectivity index (χ0n) is 33.7. The number of hydrogen-bond acceptors (Lipinski definition) is 2. The van der Waals surface area contributed by atoms with E-state index in [2.05, 4.69) is 241 Å². The van der Waals surface area contributed by atoms with Crippen LogP contribution < -0.4 is 4.90 Å². The maximum Gasteiger partial charge on any atom is 0.0541 e. The Balaban J connectivity index is 0.00000107. The third-order valence-corrected chi connectivity index (χ3v) is 12.5. The van der Waals surface area contributed by atoms with Gasteiger partial charge in [-0.1, -0.05) is 159 Å². The van der Waals surface area contributed by atoms with Gasteiger partial charge in [-0.15, -0.1) is 11.3 Å². The summed E-state index contributed by atoms with van der Waals surface area (Å²) >= 11 is 1.86. The molecule has 2 heterocycles. The van der Waals surface area contributed by atoms with Crippen LogP contribution in [0.15, 0.2) is 244 Å². The second-order valence-electron chi connectivity index (χ2n) is 15.0. The summed E-state index contributed by atoms with van der Waals surface area (Å²) in [6, 6.07) is 79.3. The molecule has 2 aromatic heterocycles. The summed E-state index contributed by atoms with van der Waals surface area (Å²) in [7, 11) is 0. The van der Waals surface area contributed by atoms with Crippen LogP contribution in [0.2, 0.25) is 0 Å². The van der Waals surface area contributed by atoms with Crippen LogP contribution in [0, 0.1) is 0 Å². The SMILES string of the molecule is C=CC=C.c1ccc(-c2ccc(-n3c4ccccc4c4cc(-c5ccc(N(c6ccccc6)c6ccc(-c7ccc8sc9ccccc9c8c7)cc6)cc5)ccc43)cc2)cc1. The van der Waals surface area contributed by atoms with Crippen molar-refractivity contribution in [1.29, 1.82) is 0 Å². The summed E-state index contributed by atoms with van der Waals surface area (Å²) < 4.78 is 5.04. The molecular weight excluding hydrogens is 757 g/mol. The molecule has 0 amide bonds. The van der Waals surface area contributed by atoms with Crippen LogP contribution in [0.1, 0.15) is 0 Å². The van der Waals surface area contributed by atoms with Crippen molar-refractivity contribution in [2.24, 2.45) is 0 Å². The van der Waals surface area contributed by atoms with Gasteiger partial charge in [0.05, 0.1) is 11.0 Å². The third-order valence-electron chi connectivity index (χ3n) is 11.4. The van der Waals surface area contributed by atoms with Crippen molar-refractivity contribution in [2.45, 2.75) is 0 Å². The molecule has 0 spiro atoms. The molecule has 9 aromatic carbocycles. The van der Waals surface area contributed by atoms with E-state index in [4.69, 9.17) is 0 Å². The van der Waals surface area contributed by atoms with Gasteiger partial charge in [0.1, 0.15) is 0 Å². The number of anilines is 3. The smallest absolute Gasteiger partial charge is 0.0541 e. The van der Waals surface area contributed by atoms with Gasteiger partial charge in [-0.05, 0) is 118 Å². The van der Waals surface area contributed by atoms with Crippen LogP contribution >= 0.6 is 11.3 Å². The number of nitrogens with zero attached hydrogens (tertiary/aromatic N) is 2. The van der Waals surface area contributed by atoms with Gasteiger partial charge >= 0.3 is 0 Å². The molecule has 0 unspecified atom stereocenters. The fraction of sp³-hybridized carbons (Fsp3) is 0. The van der Waals surface area contributed by atoms with Gasteiger partial charge in [0.15, 0.2) is 0 Å². The van der Waals surface area contributed by atoms with Crippen molar-refractivity contribution in [3.8, 4) is 39.1 Å². The summed E-state index contributed by atoms with van der Waals surface area (Å²) in [5.41, 5.74) is 14.2. The van der Waals surface area contributed by atoms with Crippen LogP contribution in [-0.2, 0) is 0 Å². The monoisotopic (exact) mass is 798 g/mol. The molecule has 0 fully saturated rings. The minimum Gasteiger partial charge on any atom is -0.311 e. The van der Waals surface area contributed by atoms with E-state index in [1.165, 1.54) is 75.4 Å². The van der Waals surface area contributed by atoms with E-state index in [1.807, 2.05) is 11.3 Å². The molecular formula is C58H42N2S. The lowest BCUT2D eigenvalue weighted by Crippen LogP contribution is -2.09. The topological polar surface area (TPSA) is 8.17 Å². The first-order valence-corrected chi connectivity index (χ1v) is 21.4. The van der Waals surface area contributed by atoms with Crippen LogP contribution in [0.3, 0.4) is 0 Å². The molecule has 0 aliphatic carbocycles. The van der Waals surface area contributed by atoms with E-state index in [0.717, 1.165) is 22.7 Å². The molecule has 0 radical (unpaired) electrons. The van der Waals surface area contributed by atoms with Crippen LogP contribution in [0.25, 0.3) is 81.0 Å². The number of benzene rings is 9. The van der Waals surface area contributed by atoms with E-state index in [0.29, 0.717) is 0 Å². The lowest BCUT2D eigenvalue weighted by Gasteiger charge is -2.26. The largest absolute Gasteiger partial charge is 0.311 e. The summed E-state index contributed by atoms with van der Waals surface area (Å²) in [6.45, 7) is 6.72. The molecule has 0 N–H and O–H groups in total. The van der Waals surface area contributed by atoms with Crippen molar-refractivity contribution in [2.75, 3.05) is 4.90 Å². The van der Waals surface area contributed by atoms with E-state index >= 15 is 0 Å². The first kappa shape index (κ1) is 37.5. The van der Waals surface area contributed by atoms with Crippen molar-refractivity contribution in [1.82, 2.24) is 4.57 Å². The third kappa shape index (κ3) is 7.22. The fourth-order valence-electron chi connectivity index (χ4n) is 8.40. The number of aromatic nitrogens is 1. The zero-order valence-corrected chi connectivity index (χ0v) is 34.5. The summed E-state index contributed by atoms with van der Waals surface area (Å²) in [4.78, 5) is 2.34. The lowest BCUT2D eigenvalue weighted by atomic mass is 10.0. The first-order valence-electron chi connectivity index (χ1n) is 20.6. The number of rotatable bonds is 8. The number of para-hydroxylation sites is 2. The summed E-state index contributed by atoms with van der Waals surface area (Å²) in [6.07, 6.45) is 3.28. The van der Waals surface area contributed by atoms with Gasteiger partial charge in [-0.25, -0.2) is 0 Å². The van der Waals surface area contributed by atoms with Gasteiger partial charge in [-0.2, -0.15) is 0 Å². The maximum atomic E-state index is 3.36. The van der Waals surface area contributed by atoms with Gasteiger partial charge in [-0.3, -0.25) is 0 Å². The highest BCUT2D eigenvalue weighted by Crippen LogP contribution is 2.40. The molecule has 0 saturated heterocycles. The Bertz CT molecular complexity index is 3300. The average Bonchev–Trinajstić information content (AvgIpc) is 3.88. The number of fused-ring (bicyclic) bond motifs is 6. The van der Waals surface area contributed by atoms with Gasteiger partial charge in [0, 0.05) is 53.7 Å². The molecule has 0 aliphatic rings. The highest BCUT2D eigenvalue weighted by atomic mass is 32.1. The molecule has 0 bridgehead atoms. The van der Waals surface area contributed by atoms with Crippen LogP contribution in [0.4, 0.5) is 17.1 Å². The fourth-order valence-corrected chi connectivity index (χ4v) is 9.49. The second kappa shape index (κ2) is 16.5. The molecule has 0 atom stereocenters. The molecule has 0 aliphatic heterocycles. The Morgan fingerprint density at radius 2 is 0.787 bits per heavy atom. The van der Waals surface area contributed by atoms with Crippen LogP contribution in [-0.4, -0.2) is 4.57 Å². The highest BCUT2D eigenvalue weighted by molar-refractivity contribution is 7.25. The van der Waals surface area contributed by atoms with Gasteiger partial charge in [0.25, 0.3) is 0 Å². The van der Waals surface area contributed by atoms with E-state index in [-0.39, 0.29) is 0 Å². The summed E-state index contributed by atoms with van der Waals surface area (Å²) in [5, 5.41) is 5.14. The Morgan fingerprint density at radius 1 is 0.344 bits per heavy atom. The van der Waals surface area contributed by atoms with Crippen LogP contribution in [0.5, 0.6) is 0 Å². The highest BCUT2D eigenvalue weighted by Gasteiger charge is 2.16. The van der Waals surface area contributed by atoms with E-state index < -0.39 is 0 Å². The Labute approximate surface area is 360 Å². The first-order chi connectivity index (χ1) is 30.2. The van der Waals surface area contributed by atoms with Gasteiger partial charge in [0.2, 0.25) is 0 Å². The molecule has 2 nitrogen and oxygen atoms in total. The molecule has 3 heteroatoms. The van der Waals surface area contributed by atoms with E-state index in [1.54, 1.807) is 12.2 Å². The number of allylic oxidation sites excluding steroid dienone is 2. The quantitative estimate of drug-likeness (QED) is 0.139. The second-order valence-corrected chi connectivity index (χ2v) is 16.1. The minimum atomic E-state index is 1.11. The molecule has 290 valence electrons. The molecule has 11 rings (SSSR count). The Hall–Kier alpha value is -7.72. The van der Waals surface area contributed by atoms with Crippen molar-refractivity contribution < 1.29 is 0 Å². The Morgan fingerprint density at radius 3 is 1.44 bits per heavy atom. The predicted octanol–water partition coefficient (Wildman–Crippen LogP) is 17.0. The summed E-state index contributed by atoms with van der Waals surface area (Å²) in [5.74, 6) is 0. The average molecular weight is 799 g/mol. The molecule has 0 saturated carbocycles. The Kier molecular flexibility index (Phi) is 10.2. The standard InChI is InChI=1S/C54H36N2S.C4H6/c1-3-11-37(12-4-1)38-19-31-46(32-20-38)56-51-17-9-7-15-47(51)49-35-41(25-33-52(49)56)39-21-27-44(28-22-39)55(43-13-5-2-6-14-43)45-29-23-40(24-30-45)42-26-34-54-50(36-42)48-16-8-10-18-53(48)57-54;1-3-4-2/h1-36H;3-4H,1-2H2. The molecule has 11 aromatic rings. The predicted molar refractivity (Wildman–Crippen MR) is 265 cm³/mol. The zero-order chi connectivity index (χ0) is 41.1. The van der Waals surface area contributed by atoms with Gasteiger partial charge < -0.3 is 9.47 Å². The number of hydrogen-bond donors (Lipinski definition) is 0. The normalized spacial score (nSPS) is 11.1. The lowest BCUT2D eigenvalue weighted by molar-refractivity contribution is 1.18. The van der Waals surface area contributed by atoms with Crippen molar-refractivity contribution in [3.63, 3.8) is 0 Å². The minimum absolute atomic E-state index is 1.11. The maximum absolute atomic E-state index is 3.36. The van der Waals surface area contributed by atoms with Crippen molar-refractivity contribution in [3.05, 3.63) is 244 Å².